The van der Waals surface area contributed by atoms with E-state index in [4.69, 9.17) is 14.2 Å². The average molecular weight is 378 g/mol. The highest BCUT2D eigenvalue weighted by atomic mass is 16.6. The number of esters is 2. The Balaban J connectivity index is 1.99. The van der Waals surface area contributed by atoms with Crippen molar-refractivity contribution in [3.8, 4) is 0 Å². The van der Waals surface area contributed by atoms with Gasteiger partial charge in [0.1, 0.15) is 18.5 Å². The Hall–Kier alpha value is -2.15. The highest BCUT2D eigenvalue weighted by molar-refractivity contribution is 5.91. The van der Waals surface area contributed by atoms with Crippen LogP contribution in [0.3, 0.4) is 0 Å². The number of aldehydes is 1. The zero-order valence-corrected chi connectivity index (χ0v) is 15.8. The topological polar surface area (TPSA) is 99.1 Å². The maximum atomic E-state index is 12.4. The number of carbonyl (C=O) groups is 3. The minimum Gasteiger partial charge on any atom is -0.490 e. The monoisotopic (exact) mass is 378 g/mol. The van der Waals surface area contributed by atoms with Gasteiger partial charge in [-0.15, -0.1) is 0 Å². The molecule has 2 aliphatic carbocycles. The molecule has 148 valence electrons. The summed E-state index contributed by atoms with van der Waals surface area (Å²) < 4.78 is 16.3. The van der Waals surface area contributed by atoms with E-state index in [0.29, 0.717) is 19.3 Å². The van der Waals surface area contributed by atoms with Crippen molar-refractivity contribution < 1.29 is 33.7 Å². The van der Waals surface area contributed by atoms with Crippen molar-refractivity contribution in [3.05, 3.63) is 24.0 Å². The molecule has 7 nitrogen and oxygen atoms in total. The quantitative estimate of drug-likeness (QED) is 0.343. The summed E-state index contributed by atoms with van der Waals surface area (Å²) >= 11 is 0. The highest BCUT2D eigenvalue weighted by Crippen LogP contribution is 2.58. The summed E-state index contributed by atoms with van der Waals surface area (Å²) in [6.07, 6.45) is 1.67. The smallest absolute Gasteiger partial charge is 0.373 e. The maximum Gasteiger partial charge on any atom is 0.373 e. The fraction of sp³-hybridized carbons (Fsp3) is 0.650. The Morgan fingerprint density at radius 3 is 2.70 bits per heavy atom. The van der Waals surface area contributed by atoms with Crippen LogP contribution in [0.5, 0.6) is 0 Å². The third-order valence-electron chi connectivity index (χ3n) is 6.53. The molecule has 1 aliphatic heterocycles. The number of rotatable bonds is 4. The van der Waals surface area contributed by atoms with Gasteiger partial charge in [0, 0.05) is 22.8 Å². The molecule has 3 fully saturated rings. The zero-order chi connectivity index (χ0) is 19.9. The van der Waals surface area contributed by atoms with Gasteiger partial charge in [0.25, 0.3) is 0 Å². The first-order valence-corrected chi connectivity index (χ1v) is 9.22. The van der Waals surface area contributed by atoms with Gasteiger partial charge in [-0.1, -0.05) is 13.5 Å². The van der Waals surface area contributed by atoms with Gasteiger partial charge in [0.15, 0.2) is 5.76 Å². The molecule has 7 heteroatoms. The summed E-state index contributed by atoms with van der Waals surface area (Å²) in [5.41, 5.74) is -0.478. The van der Waals surface area contributed by atoms with E-state index in [2.05, 4.69) is 6.58 Å². The van der Waals surface area contributed by atoms with E-state index in [1.54, 1.807) is 6.92 Å². The van der Waals surface area contributed by atoms with Gasteiger partial charge in [0.2, 0.25) is 0 Å². The first kappa shape index (κ1) is 19.6. The van der Waals surface area contributed by atoms with Crippen molar-refractivity contribution in [2.24, 2.45) is 23.2 Å². The van der Waals surface area contributed by atoms with Crippen LogP contribution < -0.4 is 0 Å². The van der Waals surface area contributed by atoms with E-state index >= 15 is 0 Å². The second-order valence-electron chi connectivity index (χ2n) is 7.85. The molecule has 0 aromatic carbocycles. The van der Waals surface area contributed by atoms with E-state index < -0.39 is 41.6 Å². The number of fused-ring (bicyclic) bond motifs is 3. The SMILES string of the molecule is C=C1C(=O)O[C@H]2[C@H]1[C@@H](OC(=O)/C(=C\C)OC)C[C@]1(C)[C@@H]2[C@@H](C=O)CC[C@H]1O. The molecule has 2 saturated carbocycles. The predicted molar refractivity (Wildman–Crippen MR) is 94.2 cm³/mol. The average Bonchev–Trinajstić information content (AvgIpc) is 2.92. The predicted octanol–water partition coefficient (Wildman–Crippen LogP) is 1.54. The van der Waals surface area contributed by atoms with Crippen LogP contribution in [-0.4, -0.2) is 48.8 Å². The molecule has 27 heavy (non-hydrogen) atoms. The van der Waals surface area contributed by atoms with E-state index in [-0.39, 0.29) is 23.2 Å². The lowest BCUT2D eigenvalue weighted by atomic mass is 9.51. The highest BCUT2D eigenvalue weighted by Gasteiger charge is 2.63. The lowest BCUT2D eigenvalue weighted by Crippen LogP contribution is -2.60. The van der Waals surface area contributed by atoms with Crippen LogP contribution in [0, 0.1) is 23.2 Å². The summed E-state index contributed by atoms with van der Waals surface area (Å²) in [5.74, 6) is -2.34. The van der Waals surface area contributed by atoms with Crippen LogP contribution in [0.4, 0.5) is 0 Å². The summed E-state index contributed by atoms with van der Waals surface area (Å²) in [6, 6.07) is 0. The summed E-state index contributed by atoms with van der Waals surface area (Å²) in [6.45, 7) is 7.36. The molecule has 3 rings (SSSR count). The molecular weight excluding hydrogens is 352 g/mol. The molecule has 3 aliphatic rings. The molecule has 0 bridgehead atoms. The van der Waals surface area contributed by atoms with Gasteiger partial charge in [0.05, 0.1) is 19.1 Å². The Morgan fingerprint density at radius 1 is 1.41 bits per heavy atom. The molecule has 0 unspecified atom stereocenters. The van der Waals surface area contributed by atoms with Crippen LogP contribution in [0.1, 0.15) is 33.1 Å². The van der Waals surface area contributed by atoms with Crippen LogP contribution in [0.2, 0.25) is 0 Å². The van der Waals surface area contributed by atoms with Crippen LogP contribution >= 0.6 is 0 Å². The molecule has 0 radical (unpaired) electrons. The van der Waals surface area contributed by atoms with Crippen molar-refractivity contribution in [1.82, 2.24) is 0 Å². The molecule has 0 spiro atoms. The van der Waals surface area contributed by atoms with Crippen molar-refractivity contribution >= 4 is 18.2 Å². The number of methoxy groups -OCH3 is 1. The summed E-state index contributed by atoms with van der Waals surface area (Å²) in [7, 11) is 1.37. The standard InChI is InChI=1S/C20H26O7/c1-5-12(25-4)19(24)26-13-8-20(3)14(22)7-6-11(9-21)16(20)17-15(13)10(2)18(23)27-17/h5,9,11,13-17,22H,2,6-8H2,1,3-4H3/b12-5+/t11-,13+,14-,15-,16-,17+,20+/m1/s1. The number of hydrogen-bond acceptors (Lipinski definition) is 7. The third-order valence-corrected chi connectivity index (χ3v) is 6.53. The van der Waals surface area contributed by atoms with Gasteiger partial charge in [-0.25, -0.2) is 9.59 Å². The number of carbonyl (C=O) groups excluding carboxylic acids is 3. The van der Waals surface area contributed by atoms with Crippen LogP contribution in [-0.2, 0) is 28.6 Å². The molecule has 7 atom stereocenters. The second kappa shape index (κ2) is 7.11. The minimum absolute atomic E-state index is 0.0599. The van der Waals surface area contributed by atoms with Gasteiger partial charge in [-0.3, -0.25) is 0 Å². The van der Waals surface area contributed by atoms with Gasteiger partial charge in [-0.2, -0.15) is 0 Å². The fourth-order valence-electron chi connectivity index (χ4n) is 5.14. The van der Waals surface area contributed by atoms with E-state index in [1.807, 2.05) is 6.92 Å². The van der Waals surface area contributed by atoms with Gasteiger partial charge < -0.3 is 24.1 Å². The maximum absolute atomic E-state index is 12.4. The van der Waals surface area contributed by atoms with E-state index in [9.17, 15) is 19.5 Å². The van der Waals surface area contributed by atoms with Crippen LogP contribution in [0.25, 0.3) is 0 Å². The van der Waals surface area contributed by atoms with Crippen molar-refractivity contribution in [2.45, 2.75) is 51.4 Å². The largest absolute Gasteiger partial charge is 0.490 e. The summed E-state index contributed by atoms with van der Waals surface area (Å²) in [5, 5.41) is 10.7. The fourth-order valence-corrected chi connectivity index (χ4v) is 5.14. The molecule has 0 aromatic heterocycles. The van der Waals surface area contributed by atoms with E-state index in [0.717, 1.165) is 6.29 Å². The van der Waals surface area contributed by atoms with Crippen molar-refractivity contribution in [2.75, 3.05) is 7.11 Å². The minimum atomic E-state index is -0.718. The normalized spacial score (nSPS) is 41.3. The molecule has 1 N–H and O–H groups in total. The Labute approximate surface area is 158 Å². The summed E-state index contributed by atoms with van der Waals surface area (Å²) in [4.78, 5) is 36.3. The number of hydrogen-bond donors (Lipinski definition) is 1. The first-order valence-electron chi connectivity index (χ1n) is 9.22. The zero-order valence-electron chi connectivity index (χ0n) is 15.8. The van der Waals surface area contributed by atoms with Crippen LogP contribution in [0.15, 0.2) is 24.0 Å². The molecule has 0 amide bonds. The number of allylic oxidation sites excluding steroid dienone is 1. The van der Waals surface area contributed by atoms with Crippen molar-refractivity contribution in [3.63, 3.8) is 0 Å². The van der Waals surface area contributed by atoms with Gasteiger partial charge in [-0.05, 0) is 32.3 Å². The number of ether oxygens (including phenoxy) is 3. The third kappa shape index (κ3) is 2.98. The Morgan fingerprint density at radius 2 is 2.11 bits per heavy atom. The van der Waals surface area contributed by atoms with E-state index in [1.165, 1.54) is 13.2 Å². The first-order chi connectivity index (χ1) is 12.8. The lowest BCUT2D eigenvalue weighted by Gasteiger charge is -2.55. The molecule has 1 heterocycles. The Bertz CT molecular complexity index is 696. The van der Waals surface area contributed by atoms with Crippen molar-refractivity contribution in [1.29, 1.82) is 0 Å². The molecule has 0 aromatic rings. The Kier molecular flexibility index (Phi) is 5.16. The lowest BCUT2D eigenvalue weighted by molar-refractivity contribution is -0.195. The number of aliphatic hydroxyl groups excluding tert-OH is 1. The second-order valence-corrected chi connectivity index (χ2v) is 7.85. The van der Waals surface area contributed by atoms with Gasteiger partial charge >= 0.3 is 11.9 Å². The molecular formula is C20H26O7. The number of aliphatic hydroxyl groups is 1. The molecule has 1 saturated heterocycles.